The summed E-state index contributed by atoms with van der Waals surface area (Å²) in [4.78, 5) is 18.0. The fraction of sp³-hybridized carbons (Fsp3) is 0.350. The van der Waals surface area contributed by atoms with Crippen molar-refractivity contribution in [2.75, 3.05) is 46.5 Å². The van der Waals surface area contributed by atoms with Crippen LogP contribution in [-0.4, -0.2) is 61.4 Å². The molecule has 3 aromatic rings. The van der Waals surface area contributed by atoms with Crippen LogP contribution in [0.2, 0.25) is 0 Å². The molecule has 0 aliphatic rings. The second kappa shape index (κ2) is 11.1. The number of nitrogens with zero attached hydrogens (tertiary/aromatic N) is 4. The Morgan fingerprint density at radius 1 is 1.10 bits per heavy atom. The van der Waals surface area contributed by atoms with Crippen LogP contribution in [0.5, 0.6) is 11.5 Å². The Labute approximate surface area is 192 Å². The molecule has 170 valence electrons. The van der Waals surface area contributed by atoms with E-state index in [1.165, 1.54) is 20.3 Å². The van der Waals surface area contributed by atoms with Crippen molar-refractivity contribution in [1.29, 1.82) is 0 Å². The first-order valence-corrected chi connectivity index (χ1v) is 9.12. The van der Waals surface area contributed by atoms with Crippen molar-refractivity contribution in [2.24, 2.45) is 0 Å². The number of anilines is 1. The Balaban J connectivity index is 0.00000240. The summed E-state index contributed by atoms with van der Waals surface area (Å²) in [5.74, 6) is 0.371. The smallest absolute Gasteiger partial charge is 0.322 e. The summed E-state index contributed by atoms with van der Waals surface area (Å²) in [6, 6.07) is 8.64. The summed E-state index contributed by atoms with van der Waals surface area (Å²) < 4.78 is 10.7. The molecule has 0 bridgehead atoms. The van der Waals surface area contributed by atoms with Crippen molar-refractivity contribution in [3.63, 3.8) is 0 Å². The first kappa shape index (κ1) is 26.4. The van der Waals surface area contributed by atoms with Gasteiger partial charge in [0.2, 0.25) is 5.75 Å². The van der Waals surface area contributed by atoms with Gasteiger partial charge in [0.1, 0.15) is 16.7 Å². The Morgan fingerprint density at radius 2 is 1.74 bits per heavy atom. The molecule has 1 heterocycles. The minimum Gasteiger partial charge on any atom is -0.494 e. The normalized spacial score (nSPS) is 10.5. The zero-order valence-electron chi connectivity index (χ0n) is 17.7. The monoisotopic (exact) mass is 472 g/mol. The van der Waals surface area contributed by atoms with Crippen molar-refractivity contribution in [1.82, 2.24) is 9.88 Å². The Kier molecular flexibility index (Phi) is 9.51. The molecule has 0 amide bonds. The van der Waals surface area contributed by atoms with Crippen molar-refractivity contribution in [2.45, 2.75) is 6.42 Å². The fourth-order valence-corrected chi connectivity index (χ4v) is 3.39. The van der Waals surface area contributed by atoms with Crippen molar-refractivity contribution < 1.29 is 19.6 Å². The number of ether oxygens (including phenoxy) is 2. The van der Waals surface area contributed by atoms with E-state index in [4.69, 9.17) is 9.47 Å². The number of hydrogen-bond acceptors (Lipinski definition) is 8. The standard InChI is InChI=1S/C20H24N4O5.2ClH/c1-22(2)10-7-11-23(25)19-13-8-5-6-9-14(13)21-18-15(28-3)12-16(29-4)20(17(18)19)24(26)27;;/h5-6,8-9,12,25H,7,10-11H2,1-4H3;2*1H. The topological polar surface area (TPSA) is 101 Å². The molecule has 0 saturated carbocycles. The average molecular weight is 473 g/mol. The molecule has 9 nitrogen and oxygen atoms in total. The number of rotatable bonds is 8. The minimum atomic E-state index is -0.520. The molecule has 0 spiro atoms. The number of hydroxylamine groups is 1. The number of benzene rings is 2. The predicted molar refractivity (Wildman–Crippen MR) is 126 cm³/mol. The second-order valence-electron chi connectivity index (χ2n) is 6.87. The molecule has 0 fully saturated rings. The van der Waals surface area contributed by atoms with Gasteiger partial charge in [0.15, 0.2) is 0 Å². The van der Waals surface area contributed by atoms with Crippen LogP contribution >= 0.6 is 24.8 Å². The highest BCUT2D eigenvalue weighted by Crippen LogP contribution is 2.46. The first-order chi connectivity index (χ1) is 13.9. The van der Waals surface area contributed by atoms with E-state index < -0.39 is 4.92 Å². The molecule has 1 aromatic heterocycles. The van der Waals surface area contributed by atoms with Gasteiger partial charge in [-0.15, -0.1) is 24.8 Å². The molecular weight excluding hydrogens is 447 g/mol. The van der Waals surface area contributed by atoms with Gasteiger partial charge >= 0.3 is 5.69 Å². The maximum atomic E-state index is 12.0. The molecule has 0 aliphatic heterocycles. The van der Waals surface area contributed by atoms with Crippen LogP contribution in [0.25, 0.3) is 21.8 Å². The van der Waals surface area contributed by atoms with E-state index in [9.17, 15) is 15.3 Å². The number of para-hydroxylation sites is 1. The largest absolute Gasteiger partial charge is 0.494 e. The molecule has 0 radical (unpaired) electrons. The highest BCUT2D eigenvalue weighted by atomic mass is 35.5. The van der Waals surface area contributed by atoms with Crippen molar-refractivity contribution in [3.05, 3.63) is 40.4 Å². The molecule has 31 heavy (non-hydrogen) atoms. The van der Waals surface area contributed by atoms with Crippen LogP contribution in [0.4, 0.5) is 11.4 Å². The molecular formula is C20H26Cl2N4O5. The van der Waals surface area contributed by atoms with E-state index in [-0.39, 0.29) is 48.2 Å². The van der Waals surface area contributed by atoms with Gasteiger partial charge in [-0.05, 0) is 33.1 Å². The summed E-state index contributed by atoms with van der Waals surface area (Å²) >= 11 is 0. The lowest BCUT2D eigenvalue weighted by Crippen LogP contribution is -2.24. The number of nitro groups is 1. The Morgan fingerprint density at radius 3 is 2.32 bits per heavy atom. The summed E-state index contributed by atoms with van der Waals surface area (Å²) in [6.45, 7) is 1.05. The van der Waals surface area contributed by atoms with Gasteiger partial charge in [0.25, 0.3) is 0 Å². The zero-order chi connectivity index (χ0) is 21.1. The van der Waals surface area contributed by atoms with Crippen LogP contribution < -0.4 is 14.5 Å². The first-order valence-electron chi connectivity index (χ1n) is 9.12. The Bertz CT molecular complexity index is 1060. The third-order valence-corrected chi connectivity index (χ3v) is 4.69. The number of pyridine rings is 1. The molecule has 0 aliphatic carbocycles. The van der Waals surface area contributed by atoms with Crippen LogP contribution in [-0.2, 0) is 0 Å². The quantitative estimate of drug-likeness (QED) is 0.294. The zero-order valence-corrected chi connectivity index (χ0v) is 19.3. The molecule has 2 aromatic carbocycles. The number of fused-ring (bicyclic) bond motifs is 2. The minimum absolute atomic E-state index is 0. The van der Waals surface area contributed by atoms with Crippen molar-refractivity contribution >= 4 is 58.0 Å². The molecule has 11 heteroatoms. The Hall–Kier alpha value is -2.59. The lowest BCUT2D eigenvalue weighted by atomic mass is 10.0. The van der Waals surface area contributed by atoms with E-state index >= 15 is 0 Å². The third kappa shape index (κ3) is 5.19. The predicted octanol–water partition coefficient (Wildman–Crippen LogP) is 4.30. The maximum absolute atomic E-state index is 12.0. The summed E-state index contributed by atoms with van der Waals surface area (Å²) in [5, 5.41) is 24.7. The van der Waals surface area contributed by atoms with E-state index in [0.29, 0.717) is 34.3 Å². The van der Waals surface area contributed by atoms with Gasteiger partial charge < -0.3 is 14.4 Å². The van der Waals surface area contributed by atoms with Gasteiger partial charge in [-0.3, -0.25) is 20.4 Å². The number of methoxy groups -OCH3 is 2. The fourth-order valence-electron chi connectivity index (χ4n) is 3.39. The summed E-state index contributed by atoms with van der Waals surface area (Å²) in [6.07, 6.45) is 0.663. The van der Waals surface area contributed by atoms with E-state index in [2.05, 4.69) is 4.98 Å². The highest BCUT2D eigenvalue weighted by Gasteiger charge is 2.29. The number of hydrogen-bond donors (Lipinski definition) is 1. The lowest BCUT2D eigenvalue weighted by Gasteiger charge is -2.22. The lowest BCUT2D eigenvalue weighted by molar-refractivity contribution is -0.383. The van der Waals surface area contributed by atoms with Crippen LogP contribution in [0.1, 0.15) is 6.42 Å². The molecule has 0 saturated heterocycles. The van der Waals surface area contributed by atoms with Crippen LogP contribution in [0.15, 0.2) is 30.3 Å². The van der Waals surface area contributed by atoms with E-state index in [0.717, 1.165) is 11.6 Å². The maximum Gasteiger partial charge on any atom is 0.322 e. The number of nitro benzene ring substituents is 1. The van der Waals surface area contributed by atoms with Gasteiger partial charge in [0.05, 0.1) is 30.3 Å². The number of aromatic nitrogens is 1. The van der Waals surface area contributed by atoms with Crippen LogP contribution in [0.3, 0.4) is 0 Å². The van der Waals surface area contributed by atoms with Crippen molar-refractivity contribution in [3.8, 4) is 11.5 Å². The molecule has 0 unspecified atom stereocenters. The van der Waals surface area contributed by atoms with Crippen LogP contribution in [0, 0.1) is 10.1 Å². The van der Waals surface area contributed by atoms with Gasteiger partial charge in [0, 0.05) is 18.0 Å². The highest BCUT2D eigenvalue weighted by molar-refractivity contribution is 6.13. The summed E-state index contributed by atoms with van der Waals surface area (Å²) in [7, 11) is 6.71. The number of halogens is 2. The average Bonchev–Trinajstić information content (AvgIpc) is 2.70. The summed E-state index contributed by atoms with van der Waals surface area (Å²) in [5.41, 5.74) is 0.941. The van der Waals surface area contributed by atoms with Gasteiger partial charge in [-0.2, -0.15) is 0 Å². The SMILES string of the molecule is COc1cc(OC)c2nc3ccccc3c(N(O)CCCN(C)C)c2c1[N+](=O)[O-].Cl.Cl. The second-order valence-corrected chi connectivity index (χ2v) is 6.87. The molecule has 1 N–H and O–H groups in total. The molecule has 0 atom stereocenters. The van der Waals surface area contributed by atoms with E-state index in [1.807, 2.05) is 25.1 Å². The van der Waals surface area contributed by atoms with Gasteiger partial charge in [-0.1, -0.05) is 18.2 Å². The van der Waals surface area contributed by atoms with Gasteiger partial charge in [-0.25, -0.2) is 4.98 Å². The third-order valence-electron chi connectivity index (χ3n) is 4.69. The molecule has 3 rings (SSSR count). The van der Waals surface area contributed by atoms with E-state index in [1.54, 1.807) is 18.2 Å².